The van der Waals surface area contributed by atoms with Crippen LogP contribution in [0.3, 0.4) is 0 Å². The van der Waals surface area contributed by atoms with Gasteiger partial charge in [-0.15, -0.1) is 0 Å². The van der Waals surface area contributed by atoms with Crippen molar-refractivity contribution in [3.05, 3.63) is 42.4 Å². The number of nitrogens with one attached hydrogen (secondary N) is 1. The molecule has 0 aliphatic rings. The van der Waals surface area contributed by atoms with Crippen molar-refractivity contribution < 1.29 is 13.2 Å². The summed E-state index contributed by atoms with van der Waals surface area (Å²) >= 11 is 0. The van der Waals surface area contributed by atoms with Gasteiger partial charge in [0, 0.05) is 18.3 Å². The van der Waals surface area contributed by atoms with Crippen LogP contribution in [0.5, 0.6) is 0 Å². The summed E-state index contributed by atoms with van der Waals surface area (Å²) < 4.78 is 37.5. The highest BCUT2D eigenvalue weighted by Gasteiger charge is 2.33. The van der Waals surface area contributed by atoms with Gasteiger partial charge in [-0.05, 0) is 12.1 Å². The largest absolute Gasteiger partial charge is 0.434 e. The molecule has 0 unspecified atom stereocenters. The van der Waals surface area contributed by atoms with Gasteiger partial charge >= 0.3 is 6.18 Å². The van der Waals surface area contributed by atoms with Gasteiger partial charge in [0.25, 0.3) is 0 Å². The van der Waals surface area contributed by atoms with Crippen LogP contribution in [0.2, 0.25) is 0 Å². The van der Waals surface area contributed by atoms with Crippen molar-refractivity contribution in [2.24, 2.45) is 0 Å². The highest BCUT2D eigenvalue weighted by atomic mass is 19.4. The lowest BCUT2D eigenvalue weighted by atomic mass is 10.1. The molecule has 0 bridgehead atoms. The Balaban J connectivity index is 2.38. The van der Waals surface area contributed by atoms with Crippen LogP contribution in [0.1, 0.15) is 5.69 Å². The minimum Gasteiger partial charge on any atom is -0.388 e. The summed E-state index contributed by atoms with van der Waals surface area (Å²) in [5.41, 5.74) is 0.677. The fraction of sp³-hybridized carbons (Fsp3) is 0.167. The third-order valence-electron chi connectivity index (χ3n) is 2.39. The Labute approximate surface area is 102 Å². The number of rotatable bonds is 2. The molecule has 1 heterocycles. The predicted octanol–water partition coefficient (Wildman–Crippen LogP) is 3.20. The topological polar surface area (TPSA) is 37.8 Å². The normalized spacial score (nSPS) is 11.3. The smallest absolute Gasteiger partial charge is 0.388 e. The van der Waals surface area contributed by atoms with Crippen LogP contribution in [-0.4, -0.2) is 17.0 Å². The zero-order chi connectivity index (χ0) is 13.2. The van der Waals surface area contributed by atoms with E-state index in [9.17, 15) is 13.2 Å². The van der Waals surface area contributed by atoms with E-state index < -0.39 is 11.9 Å². The summed E-state index contributed by atoms with van der Waals surface area (Å²) in [6, 6.07) is 6.90. The van der Waals surface area contributed by atoms with Crippen LogP contribution in [0.15, 0.2) is 36.7 Å². The van der Waals surface area contributed by atoms with Gasteiger partial charge in [-0.25, -0.2) is 4.98 Å². The van der Waals surface area contributed by atoms with Crippen LogP contribution in [0.25, 0.3) is 11.3 Å². The van der Waals surface area contributed by atoms with Crippen LogP contribution in [0.4, 0.5) is 18.9 Å². The van der Waals surface area contributed by atoms with E-state index in [2.05, 4.69) is 15.3 Å². The first-order chi connectivity index (χ1) is 8.50. The second-order valence-electron chi connectivity index (χ2n) is 3.61. The van der Waals surface area contributed by atoms with Crippen molar-refractivity contribution in [3.63, 3.8) is 0 Å². The zero-order valence-corrected chi connectivity index (χ0v) is 9.49. The maximum Gasteiger partial charge on any atom is 0.434 e. The lowest BCUT2D eigenvalue weighted by Gasteiger charge is -2.07. The van der Waals surface area contributed by atoms with E-state index in [1.807, 2.05) is 0 Å². The van der Waals surface area contributed by atoms with E-state index in [0.29, 0.717) is 11.8 Å². The number of hydrogen-bond acceptors (Lipinski definition) is 3. The molecule has 94 valence electrons. The van der Waals surface area contributed by atoms with E-state index in [1.165, 1.54) is 6.20 Å². The molecule has 3 nitrogen and oxygen atoms in total. The molecule has 0 aliphatic heterocycles. The third kappa shape index (κ3) is 2.58. The lowest BCUT2D eigenvalue weighted by Crippen LogP contribution is -2.08. The van der Waals surface area contributed by atoms with Crippen LogP contribution >= 0.6 is 0 Å². The monoisotopic (exact) mass is 253 g/mol. The Morgan fingerprint density at radius 1 is 1.06 bits per heavy atom. The Morgan fingerprint density at radius 2 is 1.72 bits per heavy atom. The van der Waals surface area contributed by atoms with Gasteiger partial charge in [0.1, 0.15) is 0 Å². The minimum absolute atomic E-state index is 0.201. The molecule has 1 N–H and O–H groups in total. The van der Waals surface area contributed by atoms with Crippen molar-refractivity contribution in [1.82, 2.24) is 9.97 Å². The highest BCUT2D eigenvalue weighted by Crippen LogP contribution is 2.28. The first-order valence-electron chi connectivity index (χ1n) is 5.18. The Morgan fingerprint density at radius 3 is 2.28 bits per heavy atom. The summed E-state index contributed by atoms with van der Waals surface area (Å²) in [4.78, 5) is 7.13. The Hall–Kier alpha value is -2.11. The molecule has 6 heteroatoms. The first kappa shape index (κ1) is 12.3. The van der Waals surface area contributed by atoms with Gasteiger partial charge in [0.15, 0.2) is 5.69 Å². The van der Waals surface area contributed by atoms with Crippen LogP contribution in [-0.2, 0) is 6.18 Å². The number of benzene rings is 1. The number of nitrogens with zero attached hydrogens (tertiary/aromatic N) is 2. The Bertz CT molecular complexity index is 535. The standard InChI is InChI=1S/C12H10F3N3/c1-16-9-4-2-8(3-5-9)10-6-17-7-11(18-10)12(13,14)15/h2-7,16H,1H3. The summed E-state index contributed by atoms with van der Waals surface area (Å²) in [5.74, 6) is 0. The van der Waals surface area contributed by atoms with Crippen molar-refractivity contribution in [2.45, 2.75) is 6.18 Å². The lowest BCUT2D eigenvalue weighted by molar-refractivity contribution is -0.141. The molecule has 0 saturated carbocycles. The SMILES string of the molecule is CNc1ccc(-c2cncc(C(F)(F)F)n2)cc1. The average molecular weight is 253 g/mol. The second kappa shape index (κ2) is 4.64. The molecule has 2 aromatic rings. The van der Waals surface area contributed by atoms with Gasteiger partial charge in [0.2, 0.25) is 0 Å². The van der Waals surface area contributed by atoms with Crippen molar-refractivity contribution in [2.75, 3.05) is 12.4 Å². The third-order valence-corrected chi connectivity index (χ3v) is 2.39. The molecule has 0 spiro atoms. The number of aromatic nitrogens is 2. The molecule has 1 aromatic carbocycles. The first-order valence-corrected chi connectivity index (χ1v) is 5.18. The van der Waals surface area contributed by atoms with E-state index in [-0.39, 0.29) is 5.69 Å². The predicted molar refractivity (Wildman–Crippen MR) is 62.0 cm³/mol. The fourth-order valence-electron chi connectivity index (χ4n) is 1.45. The Kier molecular flexibility index (Phi) is 3.18. The van der Waals surface area contributed by atoms with E-state index in [0.717, 1.165) is 5.69 Å². The van der Waals surface area contributed by atoms with Crippen LogP contribution < -0.4 is 5.32 Å². The molecule has 2 rings (SSSR count). The average Bonchev–Trinajstić information content (AvgIpc) is 2.38. The molecule has 18 heavy (non-hydrogen) atoms. The molecular formula is C12H10F3N3. The number of alkyl halides is 3. The summed E-state index contributed by atoms with van der Waals surface area (Å²) in [6.45, 7) is 0. The molecule has 0 aliphatic carbocycles. The molecule has 0 fully saturated rings. The van der Waals surface area contributed by atoms with Gasteiger partial charge in [-0.1, -0.05) is 12.1 Å². The molecular weight excluding hydrogens is 243 g/mol. The second-order valence-corrected chi connectivity index (χ2v) is 3.61. The van der Waals surface area contributed by atoms with E-state index in [1.54, 1.807) is 31.3 Å². The van der Waals surface area contributed by atoms with Crippen molar-refractivity contribution in [1.29, 1.82) is 0 Å². The minimum atomic E-state index is -4.48. The number of hydrogen-bond donors (Lipinski definition) is 1. The molecule has 1 aromatic heterocycles. The van der Waals surface area contributed by atoms with Crippen molar-refractivity contribution >= 4 is 5.69 Å². The van der Waals surface area contributed by atoms with Gasteiger partial charge in [-0.3, -0.25) is 4.98 Å². The van der Waals surface area contributed by atoms with E-state index >= 15 is 0 Å². The number of halogens is 3. The quantitative estimate of drug-likeness (QED) is 0.893. The highest BCUT2D eigenvalue weighted by molar-refractivity contribution is 5.61. The summed E-state index contributed by atoms with van der Waals surface area (Å²) in [5, 5.41) is 2.93. The zero-order valence-electron chi connectivity index (χ0n) is 9.49. The number of anilines is 1. The molecule has 0 amide bonds. The molecule has 0 radical (unpaired) electrons. The van der Waals surface area contributed by atoms with Gasteiger partial charge in [0.05, 0.1) is 18.1 Å². The molecule has 0 saturated heterocycles. The summed E-state index contributed by atoms with van der Waals surface area (Å²) in [7, 11) is 1.76. The maximum atomic E-state index is 12.5. The van der Waals surface area contributed by atoms with Crippen molar-refractivity contribution in [3.8, 4) is 11.3 Å². The van der Waals surface area contributed by atoms with E-state index in [4.69, 9.17) is 0 Å². The summed E-state index contributed by atoms with van der Waals surface area (Å²) in [6.07, 6.45) is -2.46. The van der Waals surface area contributed by atoms with Crippen LogP contribution in [0, 0.1) is 0 Å². The molecule has 0 atom stereocenters. The van der Waals surface area contributed by atoms with Gasteiger partial charge in [-0.2, -0.15) is 13.2 Å². The maximum absolute atomic E-state index is 12.5. The van der Waals surface area contributed by atoms with Gasteiger partial charge < -0.3 is 5.32 Å². The fourth-order valence-corrected chi connectivity index (χ4v) is 1.45.